The number of carbonyl (C=O) groups is 1. The van der Waals surface area contributed by atoms with Gasteiger partial charge in [-0.3, -0.25) is 10.1 Å². The fourth-order valence-electron chi connectivity index (χ4n) is 3.54. The summed E-state index contributed by atoms with van der Waals surface area (Å²) in [7, 11) is 0. The number of phenolic OH excluding ortho intramolecular Hbond substituents is 1. The molecule has 2 aromatic rings. The van der Waals surface area contributed by atoms with Crippen LogP contribution in [0.4, 0.5) is 0 Å². The van der Waals surface area contributed by atoms with Gasteiger partial charge in [0.1, 0.15) is 17.4 Å². The van der Waals surface area contributed by atoms with Crippen molar-refractivity contribution in [3.63, 3.8) is 0 Å². The van der Waals surface area contributed by atoms with Crippen molar-refractivity contribution in [3.05, 3.63) is 39.2 Å². The van der Waals surface area contributed by atoms with Crippen molar-refractivity contribution in [2.75, 3.05) is 0 Å². The molecule has 7 heteroatoms. The Kier molecular flexibility index (Phi) is 6.31. The van der Waals surface area contributed by atoms with Gasteiger partial charge in [-0.1, -0.05) is 13.8 Å². The summed E-state index contributed by atoms with van der Waals surface area (Å²) in [6.45, 7) is 3.73. The predicted octanol–water partition coefficient (Wildman–Crippen LogP) is 3.00. The van der Waals surface area contributed by atoms with Gasteiger partial charge in [0, 0.05) is 17.5 Å². The first-order valence-electron chi connectivity index (χ1n) is 8.65. The van der Waals surface area contributed by atoms with E-state index in [0.717, 1.165) is 42.2 Å². The summed E-state index contributed by atoms with van der Waals surface area (Å²) < 4.78 is 5.52. The van der Waals surface area contributed by atoms with Crippen LogP contribution < -0.4 is 10.9 Å². The van der Waals surface area contributed by atoms with Gasteiger partial charge in [0.2, 0.25) is 0 Å². The molecule has 1 aliphatic carbocycles. The molecule has 0 spiro atoms. The van der Waals surface area contributed by atoms with Crippen molar-refractivity contribution < 1.29 is 19.4 Å². The fraction of sp³-hybridized carbons (Fsp3) is 0.474. The van der Waals surface area contributed by atoms with Gasteiger partial charge >= 0.3 is 11.6 Å². The van der Waals surface area contributed by atoms with Crippen LogP contribution in [0.2, 0.25) is 0 Å². The first-order chi connectivity index (χ1) is 11.9. The summed E-state index contributed by atoms with van der Waals surface area (Å²) in [5, 5.41) is 23.3. The second-order valence-corrected chi connectivity index (χ2v) is 6.93. The Hall–Kier alpha value is -2.05. The molecule has 0 fully saturated rings. The molecule has 1 aliphatic rings. The number of halogens is 1. The van der Waals surface area contributed by atoms with E-state index in [1.165, 1.54) is 0 Å². The molecule has 1 aromatic heterocycles. The number of hydrogen-bond acceptors (Lipinski definition) is 5. The minimum Gasteiger partial charge on any atom is -0.507 e. The highest BCUT2D eigenvalue weighted by Gasteiger charge is 2.24. The lowest BCUT2D eigenvalue weighted by Crippen LogP contribution is -2.40. The number of aromatic hydroxyl groups is 1. The summed E-state index contributed by atoms with van der Waals surface area (Å²) in [6.07, 6.45) is 3.54. The van der Waals surface area contributed by atoms with Crippen LogP contribution in [0.15, 0.2) is 21.3 Å². The Balaban J connectivity index is 0.00000243. The summed E-state index contributed by atoms with van der Waals surface area (Å²) >= 11 is 0. The third-order valence-corrected chi connectivity index (χ3v) is 4.90. The molecule has 0 saturated heterocycles. The maximum absolute atomic E-state index is 12.3. The van der Waals surface area contributed by atoms with Gasteiger partial charge in [-0.25, -0.2) is 4.79 Å². The van der Waals surface area contributed by atoms with Crippen LogP contribution in [0.1, 0.15) is 43.4 Å². The smallest absolute Gasteiger partial charge is 0.339 e. The van der Waals surface area contributed by atoms with E-state index in [-0.39, 0.29) is 36.2 Å². The monoisotopic (exact) mass is 381 g/mol. The lowest BCUT2D eigenvalue weighted by Gasteiger charge is -2.20. The molecule has 26 heavy (non-hydrogen) atoms. The predicted molar refractivity (Wildman–Crippen MR) is 101 cm³/mol. The van der Waals surface area contributed by atoms with E-state index in [1.807, 2.05) is 13.8 Å². The van der Waals surface area contributed by atoms with E-state index in [0.29, 0.717) is 11.1 Å². The van der Waals surface area contributed by atoms with Crippen LogP contribution in [0.3, 0.4) is 0 Å². The summed E-state index contributed by atoms with van der Waals surface area (Å²) in [5.41, 5.74) is 2.15. The molecule has 0 bridgehead atoms. The van der Waals surface area contributed by atoms with Crippen LogP contribution in [0, 0.1) is 5.92 Å². The van der Waals surface area contributed by atoms with Gasteiger partial charge in [-0.15, -0.1) is 12.4 Å². The molecule has 0 aliphatic heterocycles. The van der Waals surface area contributed by atoms with Crippen LogP contribution in [-0.4, -0.2) is 22.2 Å². The molecule has 0 saturated carbocycles. The molecule has 1 aromatic carbocycles. The maximum atomic E-state index is 12.3. The normalized spacial score (nSPS) is 14.7. The fourth-order valence-corrected chi connectivity index (χ4v) is 3.54. The quantitative estimate of drug-likeness (QED) is 0.688. The number of carboxylic acid groups (broad SMARTS) is 1. The van der Waals surface area contributed by atoms with Gasteiger partial charge in [-0.2, -0.15) is 0 Å². The first kappa shape index (κ1) is 20.3. The maximum Gasteiger partial charge on any atom is 0.339 e. The van der Waals surface area contributed by atoms with Crippen LogP contribution >= 0.6 is 12.4 Å². The summed E-state index contributed by atoms with van der Waals surface area (Å²) in [5.74, 6) is -1.07. The number of rotatable bonds is 5. The molecule has 3 N–H and O–H groups in total. The zero-order valence-corrected chi connectivity index (χ0v) is 15.7. The van der Waals surface area contributed by atoms with Crippen molar-refractivity contribution >= 4 is 29.3 Å². The number of carboxylic acids is 1. The second kappa shape index (κ2) is 8.10. The van der Waals surface area contributed by atoms with Gasteiger partial charge in [0.15, 0.2) is 0 Å². The Bertz CT molecular complexity index is 874. The number of hydrogen-bond donors (Lipinski definition) is 3. The number of aliphatic carboxylic acids is 1. The molecule has 1 heterocycles. The Morgan fingerprint density at radius 2 is 1.88 bits per heavy atom. The Labute approximate surface area is 157 Å². The lowest BCUT2D eigenvalue weighted by atomic mass is 9.90. The topological polar surface area (TPSA) is 99.8 Å². The highest BCUT2D eigenvalue weighted by Crippen LogP contribution is 2.32. The molecule has 0 amide bonds. The number of aryl methyl sites for hydroxylation is 1. The molecular formula is C19H24ClNO5. The second-order valence-electron chi connectivity index (χ2n) is 6.93. The summed E-state index contributed by atoms with van der Waals surface area (Å²) in [6, 6.07) is 2.61. The SMILES string of the molecule is CC(C)[C@H](NCc1c(O)ccc2c3c(c(=O)oc12)CCCC3)C(=O)O.Cl. The van der Waals surface area contributed by atoms with E-state index >= 15 is 0 Å². The standard InChI is InChI=1S/C19H23NO5.ClH/c1-10(2)16(18(22)23)20-9-14-15(21)8-7-12-11-5-3-4-6-13(11)19(24)25-17(12)14;/h7-8,10,16,20-21H,3-6,9H2,1-2H3,(H,22,23);1H/t16-;/m0./s1. The molecule has 6 nitrogen and oxygen atoms in total. The largest absolute Gasteiger partial charge is 0.507 e. The minimum absolute atomic E-state index is 0. The van der Waals surface area contributed by atoms with Crippen molar-refractivity contribution in [2.24, 2.45) is 5.92 Å². The lowest BCUT2D eigenvalue weighted by molar-refractivity contribution is -0.140. The highest BCUT2D eigenvalue weighted by atomic mass is 35.5. The number of phenols is 1. The Morgan fingerprint density at radius 3 is 2.50 bits per heavy atom. The van der Waals surface area contributed by atoms with Crippen molar-refractivity contribution in [1.82, 2.24) is 5.32 Å². The van der Waals surface area contributed by atoms with Gasteiger partial charge in [0.25, 0.3) is 0 Å². The van der Waals surface area contributed by atoms with Crippen LogP contribution in [0.25, 0.3) is 11.0 Å². The van der Waals surface area contributed by atoms with E-state index in [9.17, 15) is 19.8 Å². The highest BCUT2D eigenvalue weighted by molar-refractivity contribution is 5.86. The van der Waals surface area contributed by atoms with Crippen molar-refractivity contribution in [2.45, 2.75) is 52.1 Å². The number of fused-ring (bicyclic) bond motifs is 3. The van der Waals surface area contributed by atoms with Crippen molar-refractivity contribution in [3.8, 4) is 5.75 Å². The molecule has 142 valence electrons. The average molecular weight is 382 g/mol. The van der Waals surface area contributed by atoms with Crippen LogP contribution in [0.5, 0.6) is 5.75 Å². The van der Waals surface area contributed by atoms with E-state index in [1.54, 1.807) is 12.1 Å². The number of benzene rings is 1. The number of nitrogens with one attached hydrogen (secondary N) is 1. The zero-order chi connectivity index (χ0) is 18.1. The third-order valence-electron chi connectivity index (χ3n) is 4.90. The average Bonchev–Trinajstić information content (AvgIpc) is 2.56. The van der Waals surface area contributed by atoms with Gasteiger partial charge in [-0.05, 0) is 49.3 Å². The molecule has 0 radical (unpaired) electrons. The van der Waals surface area contributed by atoms with Crippen molar-refractivity contribution in [1.29, 1.82) is 0 Å². The van der Waals surface area contributed by atoms with E-state index in [2.05, 4.69) is 5.32 Å². The molecule has 3 rings (SSSR count). The van der Waals surface area contributed by atoms with E-state index < -0.39 is 12.0 Å². The zero-order valence-electron chi connectivity index (χ0n) is 14.9. The first-order valence-corrected chi connectivity index (χ1v) is 8.65. The Morgan fingerprint density at radius 1 is 1.23 bits per heavy atom. The molecule has 1 atom stereocenters. The molecular weight excluding hydrogens is 358 g/mol. The van der Waals surface area contributed by atoms with Crippen LogP contribution in [-0.2, 0) is 24.2 Å². The molecule has 0 unspecified atom stereocenters. The van der Waals surface area contributed by atoms with Gasteiger partial charge in [0.05, 0.1) is 5.56 Å². The summed E-state index contributed by atoms with van der Waals surface area (Å²) in [4.78, 5) is 23.7. The van der Waals surface area contributed by atoms with Gasteiger partial charge < -0.3 is 14.6 Å². The third kappa shape index (κ3) is 3.71. The minimum atomic E-state index is -0.950. The van der Waals surface area contributed by atoms with E-state index in [4.69, 9.17) is 4.42 Å².